The fraction of sp³-hybridized carbons (Fsp3) is 0.333. The quantitative estimate of drug-likeness (QED) is 0.285. The first-order chi connectivity index (χ1) is 18.7. The molecule has 1 fully saturated rings. The number of carboxylic acids is 1. The van der Waals surface area contributed by atoms with Gasteiger partial charge in [-0.05, 0) is 24.1 Å². The maximum absolute atomic E-state index is 13.3. The highest BCUT2D eigenvalue weighted by atomic mass is 32.2. The predicted octanol–water partition coefficient (Wildman–Crippen LogP) is 1.67. The number of aromatic amines is 1. The first kappa shape index (κ1) is 28.1. The molecule has 3 aromatic rings. The van der Waals surface area contributed by atoms with Crippen molar-refractivity contribution in [2.24, 2.45) is 5.92 Å². The van der Waals surface area contributed by atoms with Crippen molar-refractivity contribution in [1.29, 1.82) is 0 Å². The summed E-state index contributed by atoms with van der Waals surface area (Å²) >= 11 is 0. The van der Waals surface area contributed by atoms with Crippen LogP contribution in [0.5, 0.6) is 0 Å². The summed E-state index contributed by atoms with van der Waals surface area (Å²) in [6.45, 7) is 1.05. The zero-order chi connectivity index (χ0) is 27.8. The third-order valence-electron chi connectivity index (χ3n) is 6.48. The smallest absolute Gasteiger partial charge is 0.326 e. The number of aliphatic carboxylic acids is 1. The molecule has 0 bridgehead atoms. The van der Waals surface area contributed by atoms with E-state index < -0.39 is 39.6 Å². The SMILES string of the molecule is O=C(CC(Cc1ccccc1)C(=O)N[C@H](Cc1cnc[nH]1)C(=O)O)c1cccc(S(=O)(=O)N2CCOCC2)c1. The van der Waals surface area contributed by atoms with E-state index >= 15 is 0 Å². The molecule has 0 aliphatic carbocycles. The van der Waals surface area contributed by atoms with Gasteiger partial charge in [0, 0.05) is 49.3 Å². The zero-order valence-electron chi connectivity index (χ0n) is 21.2. The number of sulfonamides is 1. The molecule has 1 aliphatic rings. The number of carboxylic acid groups (broad SMARTS) is 1. The number of rotatable bonds is 12. The maximum Gasteiger partial charge on any atom is 0.326 e. The van der Waals surface area contributed by atoms with Crippen LogP contribution in [0.3, 0.4) is 0 Å². The third kappa shape index (κ3) is 7.37. The van der Waals surface area contributed by atoms with Gasteiger partial charge >= 0.3 is 5.97 Å². The molecule has 4 rings (SSSR count). The van der Waals surface area contributed by atoms with E-state index in [9.17, 15) is 27.9 Å². The Balaban J connectivity index is 1.53. The summed E-state index contributed by atoms with van der Waals surface area (Å²) in [5.74, 6) is -3.12. The lowest BCUT2D eigenvalue weighted by Gasteiger charge is -2.26. The third-order valence-corrected chi connectivity index (χ3v) is 8.38. The van der Waals surface area contributed by atoms with Crippen LogP contribution in [0.1, 0.15) is 28.0 Å². The van der Waals surface area contributed by atoms with Crippen LogP contribution in [0, 0.1) is 5.92 Å². The van der Waals surface area contributed by atoms with E-state index in [-0.39, 0.29) is 42.8 Å². The van der Waals surface area contributed by atoms with Crippen molar-refractivity contribution in [1.82, 2.24) is 19.6 Å². The molecule has 0 radical (unpaired) electrons. The number of morpholine rings is 1. The molecule has 1 aliphatic heterocycles. The summed E-state index contributed by atoms with van der Waals surface area (Å²) in [4.78, 5) is 45.2. The van der Waals surface area contributed by atoms with E-state index in [1.807, 2.05) is 30.3 Å². The highest BCUT2D eigenvalue weighted by molar-refractivity contribution is 7.89. The van der Waals surface area contributed by atoms with Crippen LogP contribution >= 0.6 is 0 Å². The number of aromatic nitrogens is 2. The minimum Gasteiger partial charge on any atom is -0.480 e. The van der Waals surface area contributed by atoms with E-state index in [0.717, 1.165) is 5.56 Å². The summed E-state index contributed by atoms with van der Waals surface area (Å²) in [7, 11) is -3.81. The molecule has 39 heavy (non-hydrogen) atoms. The van der Waals surface area contributed by atoms with Gasteiger partial charge in [-0.15, -0.1) is 0 Å². The molecule has 206 valence electrons. The number of amides is 1. The van der Waals surface area contributed by atoms with Gasteiger partial charge in [0.05, 0.1) is 24.4 Å². The molecule has 1 saturated heterocycles. The standard InChI is InChI=1S/C27H30N4O7S/c32-25(20-7-4-8-23(14-20)39(36,37)31-9-11-38-12-10-31)15-21(13-19-5-2-1-3-6-19)26(33)30-24(27(34)35)16-22-17-28-18-29-22/h1-8,14,17-18,21,24H,9-13,15-16H2,(H,28,29)(H,30,33)(H,34,35)/t21?,24-/m1/s1. The van der Waals surface area contributed by atoms with E-state index in [4.69, 9.17) is 4.74 Å². The molecule has 1 unspecified atom stereocenters. The molecule has 11 nitrogen and oxygen atoms in total. The van der Waals surface area contributed by atoms with Crippen LogP contribution in [-0.4, -0.2) is 77.8 Å². The van der Waals surface area contributed by atoms with Gasteiger partial charge in [-0.2, -0.15) is 4.31 Å². The van der Waals surface area contributed by atoms with Crippen molar-refractivity contribution in [2.75, 3.05) is 26.3 Å². The van der Waals surface area contributed by atoms with E-state index in [2.05, 4.69) is 15.3 Å². The number of nitrogens with zero attached hydrogens (tertiary/aromatic N) is 2. The lowest BCUT2D eigenvalue weighted by atomic mass is 9.91. The molecule has 12 heteroatoms. The highest BCUT2D eigenvalue weighted by Crippen LogP contribution is 2.22. The second kappa shape index (κ2) is 12.8. The van der Waals surface area contributed by atoms with Crippen molar-refractivity contribution < 1.29 is 32.6 Å². The second-order valence-corrected chi connectivity index (χ2v) is 11.2. The number of ether oxygens (including phenoxy) is 1. The Labute approximate surface area is 226 Å². The first-order valence-electron chi connectivity index (χ1n) is 12.5. The van der Waals surface area contributed by atoms with Crippen molar-refractivity contribution >= 4 is 27.7 Å². The number of carbonyl (C=O) groups excluding carboxylic acids is 2. The van der Waals surface area contributed by atoms with Gasteiger partial charge < -0.3 is 20.1 Å². The largest absolute Gasteiger partial charge is 0.480 e. The molecule has 0 spiro atoms. The summed E-state index contributed by atoms with van der Waals surface area (Å²) in [5.41, 5.74) is 1.49. The minimum absolute atomic E-state index is 0.00544. The van der Waals surface area contributed by atoms with Gasteiger partial charge in [-0.3, -0.25) is 9.59 Å². The summed E-state index contributed by atoms with van der Waals surface area (Å²) in [5, 5.41) is 12.2. The molecule has 2 aromatic carbocycles. The van der Waals surface area contributed by atoms with Gasteiger partial charge in [0.2, 0.25) is 15.9 Å². The Hall–Kier alpha value is -3.87. The van der Waals surface area contributed by atoms with E-state index in [1.54, 1.807) is 0 Å². The van der Waals surface area contributed by atoms with Crippen LogP contribution in [0.15, 0.2) is 72.0 Å². The molecule has 3 N–H and O–H groups in total. The molecule has 2 atom stereocenters. The summed E-state index contributed by atoms with van der Waals surface area (Å²) in [6, 6.07) is 13.6. The number of H-pyrrole nitrogens is 1. The number of hydrogen-bond donors (Lipinski definition) is 3. The van der Waals surface area contributed by atoms with Gasteiger partial charge in [0.25, 0.3) is 0 Å². The lowest BCUT2D eigenvalue weighted by Crippen LogP contribution is -2.45. The van der Waals surface area contributed by atoms with Crippen molar-refractivity contribution in [2.45, 2.75) is 30.2 Å². The molecule has 1 amide bonds. The number of nitrogens with one attached hydrogen (secondary N) is 2. The van der Waals surface area contributed by atoms with Crippen LogP contribution in [0.2, 0.25) is 0 Å². The molecule has 0 saturated carbocycles. The van der Waals surface area contributed by atoms with Gasteiger partial charge in [0.15, 0.2) is 5.78 Å². The van der Waals surface area contributed by atoms with Gasteiger partial charge in [0.1, 0.15) is 6.04 Å². The average Bonchev–Trinajstić information content (AvgIpc) is 3.46. The zero-order valence-corrected chi connectivity index (χ0v) is 22.0. The summed E-state index contributed by atoms with van der Waals surface area (Å²) in [6.07, 6.45) is 2.85. The number of imidazole rings is 1. The highest BCUT2D eigenvalue weighted by Gasteiger charge is 2.30. The van der Waals surface area contributed by atoms with Crippen molar-refractivity contribution in [3.05, 3.63) is 83.9 Å². The molecular formula is C27H30N4O7S. The van der Waals surface area contributed by atoms with Gasteiger partial charge in [-0.25, -0.2) is 18.2 Å². The van der Waals surface area contributed by atoms with Crippen LogP contribution in [0.4, 0.5) is 0 Å². The normalized spacial score (nSPS) is 15.8. The van der Waals surface area contributed by atoms with Crippen LogP contribution in [0.25, 0.3) is 0 Å². The Morgan fingerprint density at radius 3 is 2.46 bits per heavy atom. The lowest BCUT2D eigenvalue weighted by molar-refractivity contribution is -0.142. The number of benzene rings is 2. The Morgan fingerprint density at radius 2 is 1.79 bits per heavy atom. The number of carbonyl (C=O) groups is 3. The Kier molecular flexibility index (Phi) is 9.23. The van der Waals surface area contributed by atoms with Crippen molar-refractivity contribution in [3.8, 4) is 0 Å². The fourth-order valence-electron chi connectivity index (χ4n) is 4.37. The minimum atomic E-state index is -3.81. The Morgan fingerprint density at radius 1 is 1.05 bits per heavy atom. The number of ketones is 1. The maximum atomic E-state index is 13.3. The van der Waals surface area contributed by atoms with E-state index in [0.29, 0.717) is 18.9 Å². The first-order valence-corrected chi connectivity index (χ1v) is 13.9. The summed E-state index contributed by atoms with van der Waals surface area (Å²) < 4.78 is 32.7. The van der Waals surface area contributed by atoms with Crippen LogP contribution < -0.4 is 5.32 Å². The molecule has 2 heterocycles. The molecular weight excluding hydrogens is 524 g/mol. The average molecular weight is 555 g/mol. The van der Waals surface area contributed by atoms with Crippen LogP contribution in [-0.2, 0) is 37.2 Å². The Bertz CT molecular complexity index is 1390. The fourth-order valence-corrected chi connectivity index (χ4v) is 5.82. The van der Waals surface area contributed by atoms with E-state index in [1.165, 1.54) is 41.1 Å². The van der Waals surface area contributed by atoms with Crippen molar-refractivity contribution in [3.63, 3.8) is 0 Å². The predicted molar refractivity (Wildman–Crippen MR) is 140 cm³/mol. The number of hydrogen-bond acceptors (Lipinski definition) is 7. The monoisotopic (exact) mass is 554 g/mol. The number of Topliss-reactive ketones (excluding diaryl/α,β-unsaturated/α-hetero) is 1. The molecule has 1 aromatic heterocycles. The van der Waals surface area contributed by atoms with Gasteiger partial charge in [-0.1, -0.05) is 42.5 Å². The second-order valence-electron chi connectivity index (χ2n) is 9.24. The topological polar surface area (TPSA) is 159 Å².